The van der Waals surface area contributed by atoms with E-state index in [4.69, 9.17) is 19.3 Å². The van der Waals surface area contributed by atoms with Crippen LogP contribution in [0.4, 0.5) is 0 Å². The number of aliphatic hydroxyl groups excluding tert-OH is 1. The Hall–Kier alpha value is -1.30. The molecule has 5 nitrogen and oxygen atoms in total. The van der Waals surface area contributed by atoms with Gasteiger partial charge in [0.2, 0.25) is 0 Å². The molecule has 0 aliphatic carbocycles. The molecule has 2 N–H and O–H groups in total. The SMILES string of the molecule is CCCCCC(C)(C)c1ccc(OCCOCCOCCO)c(O)c1. The minimum Gasteiger partial charge on any atom is -0.504 e. The third-order valence-corrected chi connectivity index (χ3v) is 4.24. The largest absolute Gasteiger partial charge is 0.504 e. The number of aliphatic hydroxyl groups is 1. The molecule has 0 amide bonds. The topological polar surface area (TPSA) is 68.2 Å². The zero-order chi connectivity index (χ0) is 18.5. The van der Waals surface area contributed by atoms with Gasteiger partial charge in [0.05, 0.1) is 33.0 Å². The highest BCUT2D eigenvalue weighted by Crippen LogP contribution is 2.35. The summed E-state index contributed by atoms with van der Waals surface area (Å²) in [6, 6.07) is 5.67. The van der Waals surface area contributed by atoms with Crippen LogP contribution in [0.15, 0.2) is 18.2 Å². The van der Waals surface area contributed by atoms with E-state index >= 15 is 0 Å². The molecule has 0 spiro atoms. The van der Waals surface area contributed by atoms with Crippen LogP contribution >= 0.6 is 0 Å². The summed E-state index contributed by atoms with van der Waals surface area (Å²) in [6.07, 6.45) is 4.75. The molecular formula is C20H34O5. The zero-order valence-corrected chi connectivity index (χ0v) is 15.9. The van der Waals surface area contributed by atoms with Crippen molar-refractivity contribution in [2.45, 2.75) is 51.9 Å². The molecule has 5 heteroatoms. The van der Waals surface area contributed by atoms with E-state index in [1.807, 2.05) is 18.2 Å². The maximum atomic E-state index is 10.2. The number of unbranched alkanes of at least 4 members (excludes halogenated alkanes) is 2. The zero-order valence-electron chi connectivity index (χ0n) is 15.9. The lowest BCUT2D eigenvalue weighted by molar-refractivity contribution is 0.0245. The highest BCUT2D eigenvalue weighted by Gasteiger charge is 2.21. The molecule has 0 aliphatic heterocycles. The average molecular weight is 354 g/mol. The van der Waals surface area contributed by atoms with E-state index in [-0.39, 0.29) is 17.8 Å². The van der Waals surface area contributed by atoms with Crippen LogP contribution in [0.1, 0.15) is 52.0 Å². The van der Waals surface area contributed by atoms with E-state index in [2.05, 4.69) is 20.8 Å². The fraction of sp³-hybridized carbons (Fsp3) is 0.700. The standard InChI is InChI=1S/C20H34O5/c1-4-5-6-9-20(2,3)17-7-8-19(18(22)16-17)25-15-14-24-13-12-23-11-10-21/h7-8,16,21-22H,4-6,9-15H2,1-3H3. The number of hydrogen-bond acceptors (Lipinski definition) is 5. The summed E-state index contributed by atoms with van der Waals surface area (Å²) in [5.41, 5.74) is 1.17. The summed E-state index contributed by atoms with van der Waals surface area (Å²) in [5, 5.41) is 18.8. The van der Waals surface area contributed by atoms with E-state index in [0.717, 1.165) is 12.0 Å². The van der Waals surface area contributed by atoms with Crippen molar-refractivity contribution in [2.24, 2.45) is 0 Å². The van der Waals surface area contributed by atoms with Crippen molar-refractivity contribution in [1.29, 1.82) is 0 Å². The fourth-order valence-electron chi connectivity index (χ4n) is 2.62. The van der Waals surface area contributed by atoms with Crippen molar-refractivity contribution < 1.29 is 24.4 Å². The Morgan fingerprint density at radius 2 is 1.64 bits per heavy atom. The maximum Gasteiger partial charge on any atom is 0.161 e. The molecule has 25 heavy (non-hydrogen) atoms. The van der Waals surface area contributed by atoms with E-state index in [0.29, 0.717) is 38.8 Å². The van der Waals surface area contributed by atoms with Crippen LogP contribution in [0.5, 0.6) is 11.5 Å². The molecule has 0 saturated carbocycles. The molecule has 1 rings (SSSR count). The smallest absolute Gasteiger partial charge is 0.161 e. The van der Waals surface area contributed by atoms with Crippen LogP contribution in [0, 0.1) is 0 Å². The van der Waals surface area contributed by atoms with Crippen LogP contribution in [0.3, 0.4) is 0 Å². The second-order valence-electron chi connectivity index (χ2n) is 6.82. The van der Waals surface area contributed by atoms with Crippen LogP contribution in [-0.4, -0.2) is 49.9 Å². The van der Waals surface area contributed by atoms with Crippen molar-refractivity contribution in [3.05, 3.63) is 23.8 Å². The Labute approximate surface area is 151 Å². The monoisotopic (exact) mass is 354 g/mol. The molecule has 0 heterocycles. The summed E-state index contributed by atoms with van der Waals surface area (Å²) in [6.45, 7) is 8.68. The van der Waals surface area contributed by atoms with Crippen molar-refractivity contribution in [2.75, 3.05) is 39.6 Å². The number of aromatic hydroxyl groups is 1. The van der Waals surface area contributed by atoms with Crippen LogP contribution < -0.4 is 4.74 Å². The van der Waals surface area contributed by atoms with Crippen molar-refractivity contribution >= 4 is 0 Å². The van der Waals surface area contributed by atoms with E-state index in [1.165, 1.54) is 19.3 Å². The third-order valence-electron chi connectivity index (χ3n) is 4.24. The fourth-order valence-corrected chi connectivity index (χ4v) is 2.62. The number of benzene rings is 1. The number of phenolic OH excluding ortho intramolecular Hbond substituents is 1. The van der Waals surface area contributed by atoms with Gasteiger partial charge in [-0.2, -0.15) is 0 Å². The van der Waals surface area contributed by atoms with Gasteiger partial charge in [0, 0.05) is 0 Å². The first-order valence-corrected chi connectivity index (χ1v) is 9.24. The molecule has 0 bridgehead atoms. The summed E-state index contributed by atoms with van der Waals surface area (Å²) in [5.74, 6) is 0.653. The highest BCUT2D eigenvalue weighted by atomic mass is 16.5. The molecule has 0 fully saturated rings. The predicted molar refractivity (Wildman–Crippen MR) is 99.5 cm³/mol. The normalized spacial score (nSPS) is 11.7. The van der Waals surface area contributed by atoms with Gasteiger partial charge < -0.3 is 24.4 Å². The molecule has 0 aliphatic rings. The van der Waals surface area contributed by atoms with Crippen molar-refractivity contribution in [3.8, 4) is 11.5 Å². The maximum absolute atomic E-state index is 10.2. The molecule has 0 aromatic heterocycles. The first-order chi connectivity index (χ1) is 12.0. The first-order valence-electron chi connectivity index (χ1n) is 9.24. The molecule has 1 aromatic rings. The molecule has 0 radical (unpaired) electrons. The Morgan fingerprint density at radius 1 is 0.960 bits per heavy atom. The molecule has 0 atom stereocenters. The Bertz CT molecular complexity index is 473. The van der Waals surface area contributed by atoms with Crippen molar-refractivity contribution in [1.82, 2.24) is 0 Å². The van der Waals surface area contributed by atoms with Gasteiger partial charge in [-0.15, -0.1) is 0 Å². The summed E-state index contributed by atoms with van der Waals surface area (Å²) in [7, 11) is 0. The molecule has 0 unspecified atom stereocenters. The number of ether oxygens (including phenoxy) is 3. The number of phenols is 1. The van der Waals surface area contributed by atoms with E-state index in [9.17, 15) is 5.11 Å². The lowest BCUT2D eigenvalue weighted by Crippen LogP contribution is -2.17. The van der Waals surface area contributed by atoms with Crippen molar-refractivity contribution in [3.63, 3.8) is 0 Å². The molecule has 1 aromatic carbocycles. The minimum absolute atomic E-state index is 0.0216. The summed E-state index contributed by atoms with van der Waals surface area (Å²) >= 11 is 0. The average Bonchev–Trinajstić information content (AvgIpc) is 2.58. The lowest BCUT2D eigenvalue weighted by atomic mass is 9.80. The summed E-state index contributed by atoms with van der Waals surface area (Å²) < 4.78 is 16.0. The molecular weight excluding hydrogens is 320 g/mol. The quantitative estimate of drug-likeness (QED) is 0.499. The second-order valence-corrected chi connectivity index (χ2v) is 6.82. The first kappa shape index (κ1) is 21.7. The Kier molecular flexibility index (Phi) is 10.5. The lowest BCUT2D eigenvalue weighted by Gasteiger charge is -2.26. The Balaban J connectivity index is 2.37. The third kappa shape index (κ3) is 8.56. The van der Waals surface area contributed by atoms with Gasteiger partial charge in [-0.3, -0.25) is 0 Å². The van der Waals surface area contributed by atoms with Gasteiger partial charge in [-0.1, -0.05) is 46.1 Å². The minimum atomic E-state index is 0.0216. The van der Waals surface area contributed by atoms with Gasteiger partial charge in [-0.05, 0) is 29.5 Å². The van der Waals surface area contributed by atoms with Crippen LogP contribution in [-0.2, 0) is 14.9 Å². The summed E-state index contributed by atoms with van der Waals surface area (Å²) in [4.78, 5) is 0. The van der Waals surface area contributed by atoms with E-state index in [1.54, 1.807) is 0 Å². The van der Waals surface area contributed by atoms with Gasteiger partial charge in [0.25, 0.3) is 0 Å². The van der Waals surface area contributed by atoms with E-state index < -0.39 is 0 Å². The van der Waals surface area contributed by atoms with Crippen LogP contribution in [0.2, 0.25) is 0 Å². The van der Waals surface area contributed by atoms with Gasteiger partial charge in [0.1, 0.15) is 6.61 Å². The molecule has 144 valence electrons. The highest BCUT2D eigenvalue weighted by molar-refractivity contribution is 5.43. The van der Waals surface area contributed by atoms with Gasteiger partial charge in [0.15, 0.2) is 11.5 Å². The Morgan fingerprint density at radius 3 is 2.28 bits per heavy atom. The predicted octanol–water partition coefficient (Wildman–Crippen LogP) is 3.65. The number of hydrogen-bond donors (Lipinski definition) is 2. The molecule has 0 saturated heterocycles. The number of rotatable bonds is 14. The van der Waals surface area contributed by atoms with Crippen LogP contribution in [0.25, 0.3) is 0 Å². The van der Waals surface area contributed by atoms with Gasteiger partial charge >= 0.3 is 0 Å². The van der Waals surface area contributed by atoms with Gasteiger partial charge in [-0.25, -0.2) is 0 Å². The second kappa shape index (κ2) is 12.1.